The highest BCUT2D eigenvalue weighted by atomic mass is 127. The van der Waals surface area contributed by atoms with Crippen LogP contribution in [0.5, 0.6) is 0 Å². The Kier molecular flexibility index (Phi) is 6.44. The van der Waals surface area contributed by atoms with Gasteiger partial charge in [-0.25, -0.2) is 0 Å². The van der Waals surface area contributed by atoms with Gasteiger partial charge in [0.25, 0.3) is 0 Å². The zero-order valence-electron chi connectivity index (χ0n) is 10.9. The van der Waals surface area contributed by atoms with Gasteiger partial charge >= 0.3 is 0 Å². The van der Waals surface area contributed by atoms with Crippen LogP contribution in [0.2, 0.25) is 0 Å². The van der Waals surface area contributed by atoms with Gasteiger partial charge in [-0.3, -0.25) is 0 Å². The molecule has 0 aliphatic heterocycles. The molecular weight excluding hydrogens is 325 g/mol. The molecule has 0 aliphatic rings. The van der Waals surface area contributed by atoms with Gasteiger partial charge in [-0.2, -0.15) is 0 Å². The molecular formula is C14H22INO. The summed E-state index contributed by atoms with van der Waals surface area (Å²) in [5, 5.41) is 3.40. The molecule has 0 aromatic heterocycles. The molecule has 1 aromatic carbocycles. The lowest BCUT2D eigenvalue weighted by Gasteiger charge is -2.25. The van der Waals surface area contributed by atoms with E-state index < -0.39 is 0 Å². The van der Waals surface area contributed by atoms with E-state index in [0.717, 1.165) is 26.1 Å². The topological polar surface area (TPSA) is 21.3 Å². The van der Waals surface area contributed by atoms with E-state index in [9.17, 15) is 0 Å². The number of benzene rings is 1. The van der Waals surface area contributed by atoms with Crippen LogP contribution in [0.4, 0.5) is 0 Å². The molecule has 1 N–H and O–H groups in total. The fourth-order valence-corrected chi connectivity index (χ4v) is 2.11. The average Bonchev–Trinajstić information content (AvgIpc) is 2.29. The van der Waals surface area contributed by atoms with E-state index in [0.29, 0.717) is 0 Å². The fraction of sp³-hybridized carbons (Fsp3) is 0.571. The molecule has 3 heteroatoms. The standard InChI is InChI=1S/C14H22INO/c1-14(2,8-9-16-10-11-17-3)12-4-6-13(15)7-5-12/h4-7,16H,8-11H2,1-3H3. The Morgan fingerprint density at radius 2 is 1.82 bits per heavy atom. The molecule has 17 heavy (non-hydrogen) atoms. The van der Waals surface area contributed by atoms with Crippen LogP contribution < -0.4 is 5.32 Å². The molecule has 0 amide bonds. The lowest BCUT2D eigenvalue weighted by molar-refractivity contribution is 0.198. The molecule has 2 nitrogen and oxygen atoms in total. The lowest BCUT2D eigenvalue weighted by atomic mass is 9.81. The van der Waals surface area contributed by atoms with E-state index in [2.05, 4.69) is 66.0 Å². The largest absolute Gasteiger partial charge is 0.383 e. The van der Waals surface area contributed by atoms with E-state index in [1.165, 1.54) is 9.13 Å². The molecule has 0 aliphatic carbocycles. The van der Waals surface area contributed by atoms with Crippen molar-refractivity contribution in [2.75, 3.05) is 26.8 Å². The zero-order valence-corrected chi connectivity index (χ0v) is 13.1. The highest BCUT2D eigenvalue weighted by Crippen LogP contribution is 2.26. The SMILES string of the molecule is COCCNCCC(C)(C)c1ccc(I)cc1. The molecule has 0 radical (unpaired) electrons. The number of hydrogen-bond acceptors (Lipinski definition) is 2. The maximum atomic E-state index is 5.01. The molecule has 0 heterocycles. The van der Waals surface area contributed by atoms with Gasteiger partial charge in [-0.1, -0.05) is 26.0 Å². The Morgan fingerprint density at radius 3 is 2.41 bits per heavy atom. The van der Waals surface area contributed by atoms with Crippen LogP contribution in [0, 0.1) is 3.57 Å². The third-order valence-corrected chi connectivity index (χ3v) is 3.75. The quantitative estimate of drug-likeness (QED) is 0.604. The van der Waals surface area contributed by atoms with Crippen molar-refractivity contribution in [1.82, 2.24) is 5.32 Å². The van der Waals surface area contributed by atoms with Crippen molar-refractivity contribution < 1.29 is 4.74 Å². The molecule has 0 spiro atoms. The van der Waals surface area contributed by atoms with Crippen molar-refractivity contribution in [3.05, 3.63) is 33.4 Å². The Labute approximate surface area is 118 Å². The second-order valence-electron chi connectivity index (χ2n) is 4.88. The molecule has 0 atom stereocenters. The minimum Gasteiger partial charge on any atom is -0.383 e. The van der Waals surface area contributed by atoms with Crippen LogP contribution in [-0.4, -0.2) is 26.8 Å². The van der Waals surface area contributed by atoms with Gasteiger partial charge < -0.3 is 10.1 Å². The predicted molar refractivity (Wildman–Crippen MR) is 81.5 cm³/mol. The fourth-order valence-electron chi connectivity index (χ4n) is 1.75. The van der Waals surface area contributed by atoms with Crippen LogP contribution in [-0.2, 0) is 10.2 Å². The van der Waals surface area contributed by atoms with Crippen molar-refractivity contribution in [2.24, 2.45) is 0 Å². The normalized spacial score (nSPS) is 11.8. The molecule has 96 valence electrons. The van der Waals surface area contributed by atoms with Crippen molar-refractivity contribution in [2.45, 2.75) is 25.7 Å². The summed E-state index contributed by atoms with van der Waals surface area (Å²) in [7, 11) is 1.73. The van der Waals surface area contributed by atoms with Gasteiger partial charge in [-0.15, -0.1) is 0 Å². The molecule has 0 saturated heterocycles. The molecule has 1 aromatic rings. The Hall–Kier alpha value is -0.130. The second-order valence-corrected chi connectivity index (χ2v) is 6.13. The van der Waals surface area contributed by atoms with Crippen LogP contribution in [0.1, 0.15) is 25.8 Å². The third-order valence-electron chi connectivity index (χ3n) is 3.04. The van der Waals surface area contributed by atoms with Gasteiger partial charge in [0.1, 0.15) is 0 Å². The number of halogens is 1. The van der Waals surface area contributed by atoms with Crippen LogP contribution in [0.25, 0.3) is 0 Å². The van der Waals surface area contributed by atoms with Crippen molar-refractivity contribution >= 4 is 22.6 Å². The van der Waals surface area contributed by atoms with E-state index in [1.807, 2.05) is 0 Å². The maximum absolute atomic E-state index is 5.01. The summed E-state index contributed by atoms with van der Waals surface area (Å²) >= 11 is 2.34. The third kappa shape index (κ3) is 5.36. The summed E-state index contributed by atoms with van der Waals surface area (Å²) in [6.07, 6.45) is 1.14. The zero-order chi connectivity index (χ0) is 12.7. The van der Waals surface area contributed by atoms with Crippen LogP contribution >= 0.6 is 22.6 Å². The van der Waals surface area contributed by atoms with Crippen molar-refractivity contribution in [3.8, 4) is 0 Å². The lowest BCUT2D eigenvalue weighted by Crippen LogP contribution is -2.27. The summed E-state index contributed by atoms with van der Waals surface area (Å²) in [6, 6.07) is 8.82. The maximum Gasteiger partial charge on any atom is 0.0587 e. The number of nitrogens with one attached hydrogen (secondary N) is 1. The first kappa shape index (κ1) is 14.9. The van der Waals surface area contributed by atoms with Gasteiger partial charge in [0.05, 0.1) is 6.61 Å². The highest BCUT2D eigenvalue weighted by molar-refractivity contribution is 14.1. The van der Waals surface area contributed by atoms with E-state index in [-0.39, 0.29) is 5.41 Å². The molecule has 0 bridgehead atoms. The smallest absolute Gasteiger partial charge is 0.0587 e. The molecule has 0 fully saturated rings. The monoisotopic (exact) mass is 347 g/mol. The van der Waals surface area contributed by atoms with E-state index in [1.54, 1.807) is 7.11 Å². The number of methoxy groups -OCH3 is 1. The number of hydrogen-bond donors (Lipinski definition) is 1. The van der Waals surface area contributed by atoms with Gasteiger partial charge in [0.15, 0.2) is 0 Å². The summed E-state index contributed by atoms with van der Waals surface area (Å²) < 4.78 is 6.30. The van der Waals surface area contributed by atoms with Crippen LogP contribution in [0.15, 0.2) is 24.3 Å². The molecule has 1 rings (SSSR count). The number of ether oxygens (including phenoxy) is 1. The van der Waals surface area contributed by atoms with Gasteiger partial charge in [0, 0.05) is 17.2 Å². The number of rotatable bonds is 7. The molecule has 0 saturated carbocycles. The second kappa shape index (κ2) is 7.34. The van der Waals surface area contributed by atoms with Crippen LogP contribution in [0.3, 0.4) is 0 Å². The Bertz CT molecular complexity index is 321. The van der Waals surface area contributed by atoms with E-state index in [4.69, 9.17) is 4.74 Å². The van der Waals surface area contributed by atoms with Crippen molar-refractivity contribution in [1.29, 1.82) is 0 Å². The first-order valence-electron chi connectivity index (χ1n) is 6.02. The van der Waals surface area contributed by atoms with Crippen molar-refractivity contribution in [3.63, 3.8) is 0 Å². The van der Waals surface area contributed by atoms with Gasteiger partial charge in [0.2, 0.25) is 0 Å². The summed E-state index contributed by atoms with van der Waals surface area (Å²) in [5.74, 6) is 0. The minimum absolute atomic E-state index is 0.227. The summed E-state index contributed by atoms with van der Waals surface area (Å²) in [4.78, 5) is 0. The van der Waals surface area contributed by atoms with Gasteiger partial charge in [-0.05, 0) is 58.7 Å². The average molecular weight is 347 g/mol. The Morgan fingerprint density at radius 1 is 1.18 bits per heavy atom. The predicted octanol–water partition coefficient (Wildman–Crippen LogP) is 3.19. The first-order chi connectivity index (χ1) is 8.06. The summed E-state index contributed by atoms with van der Waals surface area (Å²) in [6.45, 7) is 7.34. The first-order valence-corrected chi connectivity index (χ1v) is 7.10. The summed E-state index contributed by atoms with van der Waals surface area (Å²) in [5.41, 5.74) is 1.64. The van der Waals surface area contributed by atoms with E-state index >= 15 is 0 Å². The minimum atomic E-state index is 0.227. The highest BCUT2D eigenvalue weighted by Gasteiger charge is 2.19. The molecule has 0 unspecified atom stereocenters. The Balaban J connectivity index is 2.42.